The summed E-state index contributed by atoms with van der Waals surface area (Å²) in [7, 11) is 0. The Morgan fingerprint density at radius 1 is 1.37 bits per heavy atom. The van der Waals surface area contributed by atoms with Crippen molar-refractivity contribution in [2.75, 3.05) is 5.73 Å². The van der Waals surface area contributed by atoms with E-state index in [0.717, 1.165) is 5.76 Å². The number of aromatic nitrogens is 1. The second-order valence-electron chi connectivity index (χ2n) is 6.37. The number of nitrogens with two attached hydrogens (primary N) is 1. The van der Waals surface area contributed by atoms with Gasteiger partial charge in [-0.05, 0) is 0 Å². The topological polar surface area (TPSA) is 92.9 Å². The first-order valence-corrected chi connectivity index (χ1v) is 6.11. The van der Waals surface area contributed by atoms with Crippen molar-refractivity contribution < 1.29 is 9.32 Å². The zero-order valence-corrected chi connectivity index (χ0v) is 12.6. The molecule has 0 bridgehead atoms. The molecule has 0 aromatic carbocycles. The van der Waals surface area contributed by atoms with Crippen LogP contribution in [0, 0.1) is 16.7 Å². The first kappa shape index (κ1) is 17.2. The second-order valence-corrected chi connectivity index (χ2v) is 6.37. The van der Waals surface area contributed by atoms with Gasteiger partial charge in [-0.2, -0.15) is 5.26 Å². The fraction of sp³-hybridized carbons (Fsp3) is 0.643. The second kappa shape index (κ2) is 6.37. The highest BCUT2D eigenvalue weighted by Gasteiger charge is 2.20. The Morgan fingerprint density at radius 2 is 1.89 bits per heavy atom. The molecule has 5 heteroatoms. The quantitative estimate of drug-likeness (QED) is 0.842. The summed E-state index contributed by atoms with van der Waals surface area (Å²) in [5.41, 5.74) is 5.02. The Hall–Kier alpha value is -1.83. The maximum Gasteiger partial charge on any atom is 0.167 e. The molecule has 1 heterocycles. The van der Waals surface area contributed by atoms with E-state index < -0.39 is 0 Å². The number of hydrogen-bond acceptors (Lipinski definition) is 5. The third-order valence-corrected chi connectivity index (χ3v) is 2.34. The van der Waals surface area contributed by atoms with Gasteiger partial charge in [0.1, 0.15) is 5.76 Å². The molecule has 1 aromatic heterocycles. The van der Waals surface area contributed by atoms with Gasteiger partial charge in [0.2, 0.25) is 0 Å². The highest BCUT2D eigenvalue weighted by Crippen LogP contribution is 2.22. The van der Waals surface area contributed by atoms with E-state index in [9.17, 15) is 4.79 Å². The molecule has 5 nitrogen and oxygen atoms in total. The SMILES string of the molecule is CC(C)(C)C(=O)CC#N.CC(C)(C)c1cc(N)no1. The van der Waals surface area contributed by atoms with E-state index in [2.05, 4.69) is 5.16 Å². The Kier molecular flexibility index (Phi) is 5.76. The molecule has 0 fully saturated rings. The van der Waals surface area contributed by atoms with Crippen LogP contribution < -0.4 is 5.73 Å². The number of anilines is 1. The van der Waals surface area contributed by atoms with Gasteiger partial charge in [-0.3, -0.25) is 4.79 Å². The zero-order chi connectivity index (χ0) is 15.3. The number of carbonyl (C=O) groups excluding carboxylic acids is 1. The number of hydrogen-bond donors (Lipinski definition) is 1. The molecule has 0 saturated carbocycles. The third-order valence-electron chi connectivity index (χ3n) is 2.34. The monoisotopic (exact) mass is 265 g/mol. The minimum absolute atomic E-state index is 0.00458. The predicted octanol–water partition coefficient (Wildman–Crippen LogP) is 3.07. The van der Waals surface area contributed by atoms with Crippen molar-refractivity contribution in [1.82, 2.24) is 5.16 Å². The van der Waals surface area contributed by atoms with Gasteiger partial charge in [0.15, 0.2) is 11.6 Å². The van der Waals surface area contributed by atoms with Crippen molar-refractivity contribution in [3.8, 4) is 6.07 Å². The molecule has 106 valence electrons. The van der Waals surface area contributed by atoms with Gasteiger partial charge in [-0.15, -0.1) is 0 Å². The van der Waals surface area contributed by atoms with Crippen molar-refractivity contribution in [2.45, 2.75) is 53.4 Å². The van der Waals surface area contributed by atoms with E-state index >= 15 is 0 Å². The van der Waals surface area contributed by atoms with E-state index in [-0.39, 0.29) is 23.0 Å². The zero-order valence-electron chi connectivity index (χ0n) is 12.6. The molecule has 19 heavy (non-hydrogen) atoms. The average molecular weight is 265 g/mol. The molecule has 0 unspecified atom stereocenters. The summed E-state index contributed by atoms with van der Waals surface area (Å²) >= 11 is 0. The Balaban J connectivity index is 0.000000344. The highest BCUT2D eigenvalue weighted by molar-refractivity contribution is 5.85. The van der Waals surface area contributed by atoms with Crippen LogP contribution >= 0.6 is 0 Å². The van der Waals surface area contributed by atoms with E-state index in [0.29, 0.717) is 5.82 Å². The number of carbonyl (C=O) groups is 1. The number of rotatable bonds is 1. The molecule has 0 amide bonds. The number of nitrogens with zero attached hydrogens (tertiary/aromatic N) is 2. The molecule has 1 rings (SSSR count). The van der Waals surface area contributed by atoms with Crippen molar-refractivity contribution in [3.63, 3.8) is 0 Å². The molecular weight excluding hydrogens is 242 g/mol. The molecule has 0 aliphatic carbocycles. The summed E-state index contributed by atoms with van der Waals surface area (Å²) in [4.78, 5) is 10.8. The number of ketones is 1. The average Bonchev–Trinajstić information content (AvgIpc) is 2.64. The predicted molar refractivity (Wildman–Crippen MR) is 74.3 cm³/mol. The van der Waals surface area contributed by atoms with Gasteiger partial charge >= 0.3 is 0 Å². The van der Waals surface area contributed by atoms with Crippen LogP contribution in [0.5, 0.6) is 0 Å². The van der Waals surface area contributed by atoms with Crippen LogP contribution in [0.25, 0.3) is 0 Å². The molecule has 2 N–H and O–H groups in total. The van der Waals surface area contributed by atoms with Crippen molar-refractivity contribution in [2.24, 2.45) is 5.41 Å². The lowest BCUT2D eigenvalue weighted by atomic mass is 9.89. The van der Waals surface area contributed by atoms with E-state index in [1.807, 2.05) is 47.6 Å². The van der Waals surface area contributed by atoms with Crippen LogP contribution in [0.15, 0.2) is 10.6 Å². The van der Waals surface area contributed by atoms with Crippen LogP contribution in [-0.4, -0.2) is 10.9 Å². The van der Waals surface area contributed by atoms with Crippen molar-refractivity contribution in [1.29, 1.82) is 5.26 Å². The summed E-state index contributed by atoms with van der Waals surface area (Å²) < 4.78 is 4.95. The standard InChI is InChI=1S/C7H12N2O.C7H11NO/c1-7(2,3)5-4-6(8)9-10-5;1-7(2,3)6(9)4-5-8/h4H,1-3H3,(H2,8,9);4H2,1-3H3. The summed E-state index contributed by atoms with van der Waals surface area (Å²) in [5.74, 6) is 1.28. The van der Waals surface area contributed by atoms with E-state index in [1.165, 1.54) is 0 Å². The molecule has 1 aromatic rings. The van der Waals surface area contributed by atoms with Crippen LogP contribution in [-0.2, 0) is 10.2 Å². The Bertz CT molecular complexity index is 456. The smallest absolute Gasteiger partial charge is 0.167 e. The molecular formula is C14H23N3O2. The highest BCUT2D eigenvalue weighted by atomic mass is 16.5. The van der Waals surface area contributed by atoms with Gasteiger partial charge in [0, 0.05) is 16.9 Å². The minimum Gasteiger partial charge on any atom is -0.381 e. The largest absolute Gasteiger partial charge is 0.381 e. The van der Waals surface area contributed by atoms with Gasteiger partial charge in [0.25, 0.3) is 0 Å². The number of nitrogen functional groups attached to an aromatic ring is 1. The fourth-order valence-corrected chi connectivity index (χ4v) is 0.979. The third kappa shape index (κ3) is 6.61. The lowest BCUT2D eigenvalue weighted by Crippen LogP contribution is -2.18. The maximum absolute atomic E-state index is 10.8. The Labute approximate surface area is 114 Å². The van der Waals surface area contributed by atoms with Gasteiger partial charge in [0.05, 0.1) is 12.5 Å². The number of Topliss-reactive ketones (excluding diaryl/α,β-unsaturated/α-hetero) is 1. The van der Waals surface area contributed by atoms with E-state index in [1.54, 1.807) is 6.07 Å². The lowest BCUT2D eigenvalue weighted by Gasteiger charge is -2.13. The Morgan fingerprint density at radius 3 is 2.05 bits per heavy atom. The van der Waals surface area contributed by atoms with Crippen LogP contribution in [0.3, 0.4) is 0 Å². The van der Waals surface area contributed by atoms with E-state index in [4.69, 9.17) is 15.5 Å². The molecule has 0 aliphatic heterocycles. The summed E-state index contributed by atoms with van der Waals surface area (Å²) in [6, 6.07) is 3.57. The summed E-state index contributed by atoms with van der Waals surface area (Å²) in [6.07, 6.45) is 0.0312. The van der Waals surface area contributed by atoms with Gasteiger partial charge in [-0.25, -0.2) is 0 Å². The molecule has 0 atom stereocenters. The minimum atomic E-state index is -0.351. The van der Waals surface area contributed by atoms with Gasteiger partial charge in [-0.1, -0.05) is 46.7 Å². The van der Waals surface area contributed by atoms with Crippen LogP contribution in [0.4, 0.5) is 5.82 Å². The lowest BCUT2D eigenvalue weighted by molar-refractivity contribution is -0.125. The van der Waals surface area contributed by atoms with Crippen LogP contribution in [0.1, 0.15) is 53.7 Å². The molecule has 0 saturated heterocycles. The number of nitriles is 1. The molecule has 0 spiro atoms. The first-order valence-electron chi connectivity index (χ1n) is 6.11. The first-order chi connectivity index (χ1) is 8.48. The van der Waals surface area contributed by atoms with Crippen molar-refractivity contribution in [3.05, 3.63) is 11.8 Å². The van der Waals surface area contributed by atoms with Gasteiger partial charge < -0.3 is 10.3 Å². The summed E-state index contributed by atoms with van der Waals surface area (Å²) in [6.45, 7) is 11.6. The maximum atomic E-state index is 10.8. The van der Waals surface area contributed by atoms with Crippen LogP contribution in [0.2, 0.25) is 0 Å². The normalized spacial score (nSPS) is 11.2. The summed E-state index contributed by atoms with van der Waals surface area (Å²) in [5, 5.41) is 11.7. The molecule has 0 radical (unpaired) electrons. The fourth-order valence-electron chi connectivity index (χ4n) is 0.979. The molecule has 0 aliphatic rings. The van der Waals surface area contributed by atoms with Crippen molar-refractivity contribution >= 4 is 11.6 Å².